The van der Waals surface area contributed by atoms with Gasteiger partial charge in [0.15, 0.2) is 0 Å². The Morgan fingerprint density at radius 1 is 1.27 bits per heavy atom. The average molecular weight is 409 g/mol. The van der Waals surface area contributed by atoms with Gasteiger partial charge in [-0.05, 0) is 38.4 Å². The smallest absolute Gasteiger partial charge is 0.265 e. The summed E-state index contributed by atoms with van der Waals surface area (Å²) in [7, 11) is 3.76. The quantitative estimate of drug-likeness (QED) is 0.694. The number of amides is 1. The molecule has 7 heteroatoms. The van der Waals surface area contributed by atoms with E-state index >= 15 is 0 Å². The largest absolute Gasteiger partial charge is 0.442 e. The van der Waals surface area contributed by atoms with Gasteiger partial charge in [0.1, 0.15) is 17.5 Å². The summed E-state index contributed by atoms with van der Waals surface area (Å²) in [5, 5.41) is 3.21. The number of nitrogens with zero attached hydrogens (tertiary/aromatic N) is 3. The molecule has 1 saturated carbocycles. The van der Waals surface area contributed by atoms with E-state index in [9.17, 15) is 9.59 Å². The summed E-state index contributed by atoms with van der Waals surface area (Å²) in [6, 6.07) is 8.40. The van der Waals surface area contributed by atoms with Crippen LogP contribution in [-0.2, 0) is 13.6 Å². The van der Waals surface area contributed by atoms with E-state index in [1.54, 1.807) is 14.0 Å². The zero-order valence-corrected chi connectivity index (χ0v) is 17.8. The molecule has 0 unspecified atom stereocenters. The SMILES string of the molecule is Cc1oc2ncn(C)c(=O)c2c1C(=O)Nc1ccccc1CN(C)C1CCCCC1. The van der Waals surface area contributed by atoms with Crippen LogP contribution >= 0.6 is 0 Å². The number of para-hydroxylation sites is 1. The number of nitrogens with one attached hydrogen (secondary N) is 1. The topological polar surface area (TPSA) is 80.4 Å². The fraction of sp³-hybridized carbons (Fsp3) is 0.435. The highest BCUT2D eigenvalue weighted by atomic mass is 16.3. The van der Waals surface area contributed by atoms with Gasteiger partial charge in [0, 0.05) is 25.3 Å². The molecule has 1 aliphatic carbocycles. The first-order valence-electron chi connectivity index (χ1n) is 10.5. The van der Waals surface area contributed by atoms with Crippen molar-refractivity contribution < 1.29 is 9.21 Å². The van der Waals surface area contributed by atoms with Gasteiger partial charge in [-0.25, -0.2) is 4.98 Å². The van der Waals surface area contributed by atoms with Crippen molar-refractivity contribution in [3.8, 4) is 0 Å². The van der Waals surface area contributed by atoms with Crippen LogP contribution in [0, 0.1) is 6.92 Å². The van der Waals surface area contributed by atoms with Gasteiger partial charge in [0.2, 0.25) is 5.71 Å². The summed E-state index contributed by atoms with van der Waals surface area (Å²) in [4.78, 5) is 32.2. The Morgan fingerprint density at radius 3 is 2.77 bits per heavy atom. The zero-order valence-electron chi connectivity index (χ0n) is 17.8. The Balaban J connectivity index is 1.60. The fourth-order valence-electron chi connectivity index (χ4n) is 4.35. The Hall–Kier alpha value is -2.93. The number of furan rings is 1. The molecule has 2 heterocycles. The first kappa shape index (κ1) is 20.3. The normalized spacial score (nSPS) is 15.1. The van der Waals surface area contributed by atoms with E-state index in [4.69, 9.17) is 4.42 Å². The van der Waals surface area contributed by atoms with Crippen molar-refractivity contribution in [2.24, 2.45) is 7.05 Å². The molecular formula is C23H28N4O3. The van der Waals surface area contributed by atoms with E-state index in [1.165, 1.54) is 43.0 Å². The molecule has 0 atom stereocenters. The summed E-state index contributed by atoms with van der Waals surface area (Å²) in [5.41, 5.74) is 1.93. The number of carbonyl (C=O) groups excluding carboxylic acids is 1. The number of benzene rings is 1. The van der Waals surface area contributed by atoms with Crippen LogP contribution in [0.4, 0.5) is 5.69 Å². The van der Waals surface area contributed by atoms with Gasteiger partial charge in [0.25, 0.3) is 11.5 Å². The van der Waals surface area contributed by atoms with Crippen molar-refractivity contribution in [2.75, 3.05) is 12.4 Å². The van der Waals surface area contributed by atoms with Crippen LogP contribution in [0.15, 0.2) is 39.8 Å². The summed E-state index contributed by atoms with van der Waals surface area (Å²) < 4.78 is 6.92. The molecule has 158 valence electrons. The summed E-state index contributed by atoms with van der Waals surface area (Å²) in [6.45, 7) is 2.44. The number of hydrogen-bond acceptors (Lipinski definition) is 5. The van der Waals surface area contributed by atoms with Crippen molar-refractivity contribution in [3.63, 3.8) is 0 Å². The maximum atomic E-state index is 13.2. The fourth-order valence-corrected chi connectivity index (χ4v) is 4.35. The van der Waals surface area contributed by atoms with Crippen molar-refractivity contribution in [3.05, 3.63) is 57.8 Å². The molecule has 0 spiro atoms. The van der Waals surface area contributed by atoms with Crippen LogP contribution in [0.5, 0.6) is 0 Å². The first-order chi connectivity index (χ1) is 14.5. The van der Waals surface area contributed by atoms with Crippen LogP contribution < -0.4 is 10.9 Å². The molecule has 1 aliphatic rings. The lowest BCUT2D eigenvalue weighted by Gasteiger charge is -2.31. The highest BCUT2D eigenvalue weighted by Gasteiger charge is 2.24. The second kappa shape index (κ2) is 8.44. The first-order valence-corrected chi connectivity index (χ1v) is 10.5. The molecule has 2 aromatic heterocycles. The third kappa shape index (κ3) is 3.89. The number of hydrogen-bond donors (Lipinski definition) is 1. The lowest BCUT2D eigenvalue weighted by atomic mass is 9.94. The number of rotatable bonds is 5. The Labute approximate surface area is 175 Å². The molecule has 0 bridgehead atoms. The van der Waals surface area contributed by atoms with Crippen LogP contribution in [0.25, 0.3) is 11.1 Å². The molecule has 0 radical (unpaired) electrons. The molecule has 0 saturated heterocycles. The predicted octanol–water partition coefficient (Wildman–Crippen LogP) is 3.85. The van der Waals surface area contributed by atoms with Gasteiger partial charge in [-0.1, -0.05) is 37.5 Å². The molecular weight excluding hydrogens is 380 g/mol. The molecule has 1 amide bonds. The number of fused-ring (bicyclic) bond motifs is 1. The summed E-state index contributed by atoms with van der Waals surface area (Å²) in [6.07, 6.45) is 7.73. The highest BCUT2D eigenvalue weighted by Crippen LogP contribution is 2.26. The number of carbonyl (C=O) groups is 1. The van der Waals surface area contributed by atoms with Crippen molar-refractivity contribution in [1.29, 1.82) is 0 Å². The summed E-state index contributed by atoms with van der Waals surface area (Å²) in [5.74, 6) is 0.0271. The maximum Gasteiger partial charge on any atom is 0.265 e. The van der Waals surface area contributed by atoms with E-state index < -0.39 is 0 Å². The van der Waals surface area contributed by atoms with Crippen molar-refractivity contribution in [1.82, 2.24) is 14.5 Å². The lowest BCUT2D eigenvalue weighted by molar-refractivity contribution is 0.102. The zero-order chi connectivity index (χ0) is 21.3. The van der Waals surface area contributed by atoms with Crippen molar-refractivity contribution in [2.45, 2.75) is 51.6 Å². The molecule has 30 heavy (non-hydrogen) atoms. The standard InChI is InChI=1S/C23H28N4O3/c1-15-19(20-22(30-15)24-14-27(3)23(20)29)21(28)25-18-12-8-7-9-16(18)13-26(2)17-10-5-4-6-11-17/h7-9,12,14,17H,4-6,10-11,13H2,1-3H3,(H,25,28). The molecule has 3 aromatic rings. The lowest BCUT2D eigenvalue weighted by Crippen LogP contribution is -2.33. The second-order valence-corrected chi connectivity index (χ2v) is 8.19. The molecule has 0 aliphatic heterocycles. The van der Waals surface area contributed by atoms with Gasteiger partial charge in [-0.3, -0.25) is 14.5 Å². The van der Waals surface area contributed by atoms with Crippen LogP contribution in [0.1, 0.15) is 53.8 Å². The van der Waals surface area contributed by atoms with Gasteiger partial charge >= 0.3 is 0 Å². The van der Waals surface area contributed by atoms with E-state index in [0.29, 0.717) is 11.8 Å². The van der Waals surface area contributed by atoms with E-state index in [1.807, 2.05) is 24.3 Å². The number of aromatic nitrogens is 2. The number of aryl methyl sites for hydroxylation is 2. The van der Waals surface area contributed by atoms with Gasteiger partial charge < -0.3 is 14.3 Å². The van der Waals surface area contributed by atoms with Crippen LogP contribution in [0.3, 0.4) is 0 Å². The highest BCUT2D eigenvalue weighted by molar-refractivity contribution is 6.12. The van der Waals surface area contributed by atoms with Gasteiger partial charge in [0.05, 0.1) is 5.56 Å². The second-order valence-electron chi connectivity index (χ2n) is 8.19. The minimum atomic E-state index is -0.357. The Kier molecular flexibility index (Phi) is 5.72. The van der Waals surface area contributed by atoms with Crippen LogP contribution in [0.2, 0.25) is 0 Å². The Morgan fingerprint density at radius 2 is 2.00 bits per heavy atom. The molecule has 1 N–H and O–H groups in total. The van der Waals surface area contributed by atoms with Crippen LogP contribution in [-0.4, -0.2) is 33.4 Å². The van der Waals surface area contributed by atoms with E-state index in [0.717, 1.165) is 17.8 Å². The van der Waals surface area contributed by atoms with E-state index in [-0.39, 0.29) is 28.1 Å². The predicted molar refractivity (Wildman–Crippen MR) is 117 cm³/mol. The molecule has 7 nitrogen and oxygen atoms in total. The van der Waals surface area contributed by atoms with Crippen molar-refractivity contribution >= 4 is 22.7 Å². The molecule has 1 aromatic carbocycles. The minimum Gasteiger partial charge on any atom is -0.442 e. The summed E-state index contributed by atoms with van der Waals surface area (Å²) >= 11 is 0. The third-order valence-electron chi connectivity index (χ3n) is 6.06. The van der Waals surface area contributed by atoms with Gasteiger partial charge in [-0.2, -0.15) is 0 Å². The maximum absolute atomic E-state index is 13.2. The van der Waals surface area contributed by atoms with Gasteiger partial charge in [-0.15, -0.1) is 0 Å². The average Bonchev–Trinajstić information content (AvgIpc) is 3.09. The number of anilines is 1. The van der Waals surface area contributed by atoms with E-state index in [2.05, 4.69) is 22.2 Å². The minimum absolute atomic E-state index is 0.186. The monoisotopic (exact) mass is 408 g/mol. The molecule has 4 rings (SSSR count). The third-order valence-corrected chi connectivity index (χ3v) is 6.06. The molecule has 1 fully saturated rings. The Bertz CT molecular complexity index is 1130.